The van der Waals surface area contributed by atoms with Gasteiger partial charge in [0.25, 0.3) is 27.7 Å². The summed E-state index contributed by atoms with van der Waals surface area (Å²) >= 11 is 6.88. The van der Waals surface area contributed by atoms with Crippen LogP contribution in [0.1, 0.15) is 87.2 Å². The molecule has 0 fully saturated rings. The fourth-order valence-electron chi connectivity index (χ4n) is 6.82. The summed E-state index contributed by atoms with van der Waals surface area (Å²) in [6.45, 7) is 10.9. The van der Waals surface area contributed by atoms with E-state index in [1.165, 1.54) is 35.0 Å². The van der Waals surface area contributed by atoms with Gasteiger partial charge in [-0.2, -0.15) is 5.10 Å². The van der Waals surface area contributed by atoms with Crippen molar-refractivity contribution in [3.63, 3.8) is 0 Å². The molecule has 2 heterocycles. The van der Waals surface area contributed by atoms with E-state index in [1.807, 2.05) is 88.4 Å². The fourth-order valence-corrected chi connectivity index (χ4v) is 8.03. The molecule has 0 aliphatic carbocycles. The van der Waals surface area contributed by atoms with Crippen molar-refractivity contribution >= 4 is 55.8 Å². The normalized spacial score (nSPS) is 12.4. The molecule has 1 N–H and O–H groups in total. The number of halogens is 1. The summed E-state index contributed by atoms with van der Waals surface area (Å²) in [6.07, 6.45) is 2.26. The Bertz CT molecular complexity index is 2570. The summed E-state index contributed by atoms with van der Waals surface area (Å²) in [7, 11) is -4.28. The largest absolute Gasteiger partial charge is 0.334 e. The van der Waals surface area contributed by atoms with E-state index in [0.29, 0.717) is 42.8 Å². The minimum atomic E-state index is -4.28. The molecule has 0 atom stereocenters. The van der Waals surface area contributed by atoms with Crippen LogP contribution in [-0.2, 0) is 23.0 Å². The number of hydrogen-bond acceptors (Lipinski definition) is 6. The number of carbonyl (C=O) groups is 3. The zero-order chi connectivity index (χ0) is 40.9. The van der Waals surface area contributed by atoms with E-state index in [0.717, 1.165) is 34.9 Å². The SMILES string of the molecule is CC.CCCCN(C(=O)c1nn(-c2ccc(C(=O)NS(=O)(=O)c3ccc4ccccc4c3)cc2C(=O)N2CCc3ccccc3C2)c(C)c1Cl)c1ccc(C)cc1. The molecule has 0 radical (unpaired) electrons. The Labute approximate surface area is 339 Å². The third-order valence-corrected chi connectivity index (χ3v) is 11.7. The number of rotatable bonds is 10. The first-order valence-electron chi connectivity index (χ1n) is 19.1. The predicted molar refractivity (Wildman–Crippen MR) is 226 cm³/mol. The van der Waals surface area contributed by atoms with E-state index >= 15 is 0 Å². The Balaban J connectivity index is 0.00000270. The number of nitrogens with one attached hydrogen (secondary N) is 1. The molecule has 1 aromatic heterocycles. The molecule has 6 aromatic rings. The second kappa shape index (κ2) is 17.6. The van der Waals surface area contributed by atoms with Gasteiger partial charge in [-0.1, -0.05) is 111 Å². The van der Waals surface area contributed by atoms with Crippen LogP contribution in [0.2, 0.25) is 5.02 Å². The van der Waals surface area contributed by atoms with Crippen LogP contribution in [-0.4, -0.2) is 53.9 Å². The van der Waals surface area contributed by atoms with E-state index in [1.54, 1.807) is 34.9 Å². The highest BCUT2D eigenvalue weighted by molar-refractivity contribution is 7.90. The molecular formula is C45H46ClN5O5S. The third kappa shape index (κ3) is 8.65. The van der Waals surface area contributed by atoms with Gasteiger partial charge in [-0.25, -0.2) is 17.8 Å². The van der Waals surface area contributed by atoms with E-state index in [9.17, 15) is 22.8 Å². The van der Waals surface area contributed by atoms with Crippen molar-refractivity contribution in [2.45, 2.75) is 65.3 Å². The van der Waals surface area contributed by atoms with Gasteiger partial charge in [-0.05, 0) is 91.1 Å². The standard InChI is InChI=1S/C43H40ClN5O5S.C2H6/c1-4-5-23-48(35-18-14-28(2)15-19-35)43(52)40-39(44)29(3)49(45-40)38-21-17-33(26-37(38)42(51)47-24-22-31-11-7-9-13-34(31)27-47)41(50)46-55(53,54)36-20-16-30-10-6-8-12-32(30)25-36;1-2/h6-21,25-26H,4-5,22-24,27H2,1-3H3,(H,46,50);1-2H3. The van der Waals surface area contributed by atoms with Crippen molar-refractivity contribution in [2.75, 3.05) is 18.0 Å². The van der Waals surface area contributed by atoms with Gasteiger partial charge in [0.15, 0.2) is 5.69 Å². The number of anilines is 1. The molecule has 57 heavy (non-hydrogen) atoms. The molecule has 0 saturated heterocycles. The lowest BCUT2D eigenvalue weighted by molar-refractivity contribution is 0.0734. The molecule has 0 unspecified atom stereocenters. The first-order valence-corrected chi connectivity index (χ1v) is 21.0. The van der Waals surface area contributed by atoms with Gasteiger partial charge < -0.3 is 9.80 Å². The maximum Gasteiger partial charge on any atom is 0.280 e. The lowest BCUT2D eigenvalue weighted by Gasteiger charge is -2.29. The monoisotopic (exact) mass is 803 g/mol. The summed E-state index contributed by atoms with van der Waals surface area (Å²) < 4.78 is 30.5. The zero-order valence-corrected chi connectivity index (χ0v) is 34.3. The van der Waals surface area contributed by atoms with Crippen LogP contribution < -0.4 is 9.62 Å². The van der Waals surface area contributed by atoms with Gasteiger partial charge in [0.05, 0.1) is 26.9 Å². The molecule has 7 rings (SSSR count). The number of nitrogens with zero attached hydrogens (tertiary/aromatic N) is 4. The van der Waals surface area contributed by atoms with Crippen molar-refractivity contribution in [1.82, 2.24) is 19.4 Å². The molecule has 294 valence electrons. The van der Waals surface area contributed by atoms with E-state index in [2.05, 4.69) is 4.72 Å². The molecule has 10 nitrogen and oxygen atoms in total. The van der Waals surface area contributed by atoms with Crippen LogP contribution in [0.5, 0.6) is 0 Å². The van der Waals surface area contributed by atoms with E-state index in [-0.39, 0.29) is 44.2 Å². The summed E-state index contributed by atoms with van der Waals surface area (Å²) in [5, 5.41) is 6.39. The number of carbonyl (C=O) groups excluding carboxylic acids is 3. The van der Waals surface area contributed by atoms with E-state index < -0.39 is 15.9 Å². The second-order valence-corrected chi connectivity index (χ2v) is 15.8. The quantitative estimate of drug-likeness (QED) is 0.148. The molecule has 0 saturated carbocycles. The van der Waals surface area contributed by atoms with Crippen molar-refractivity contribution in [3.8, 4) is 5.69 Å². The Kier molecular flexibility index (Phi) is 12.6. The molecule has 1 aliphatic rings. The molecular weight excluding hydrogens is 758 g/mol. The average molecular weight is 804 g/mol. The van der Waals surface area contributed by atoms with Crippen LogP contribution >= 0.6 is 11.6 Å². The van der Waals surface area contributed by atoms with Gasteiger partial charge in [0.2, 0.25) is 0 Å². The van der Waals surface area contributed by atoms with Crippen molar-refractivity contribution in [1.29, 1.82) is 0 Å². The highest BCUT2D eigenvalue weighted by Gasteiger charge is 2.30. The summed E-state index contributed by atoms with van der Waals surface area (Å²) in [6, 6.07) is 31.8. The highest BCUT2D eigenvalue weighted by atomic mass is 35.5. The van der Waals surface area contributed by atoms with Crippen LogP contribution in [0.4, 0.5) is 5.69 Å². The average Bonchev–Trinajstić information content (AvgIpc) is 3.53. The molecule has 0 bridgehead atoms. The number of sulfonamides is 1. The molecule has 5 aromatic carbocycles. The van der Waals surface area contributed by atoms with Crippen molar-refractivity contribution in [2.24, 2.45) is 0 Å². The number of fused-ring (bicyclic) bond motifs is 2. The number of unbranched alkanes of at least 4 members (excludes halogenated alkanes) is 1. The highest BCUT2D eigenvalue weighted by Crippen LogP contribution is 2.30. The van der Waals surface area contributed by atoms with Crippen LogP contribution in [0.3, 0.4) is 0 Å². The first-order chi connectivity index (χ1) is 27.4. The minimum Gasteiger partial charge on any atom is -0.334 e. The van der Waals surface area contributed by atoms with Gasteiger partial charge in [-0.3, -0.25) is 14.4 Å². The number of aryl methyl sites for hydroxylation is 1. The Morgan fingerprint density at radius 2 is 1.53 bits per heavy atom. The smallest absolute Gasteiger partial charge is 0.280 e. The Hall–Kier alpha value is -5.78. The predicted octanol–water partition coefficient (Wildman–Crippen LogP) is 9.09. The maximum absolute atomic E-state index is 14.5. The Morgan fingerprint density at radius 3 is 2.25 bits per heavy atom. The number of aromatic nitrogens is 2. The number of hydrogen-bond donors (Lipinski definition) is 1. The van der Waals surface area contributed by atoms with Crippen LogP contribution in [0.15, 0.2) is 114 Å². The van der Waals surface area contributed by atoms with Gasteiger partial charge in [-0.15, -0.1) is 0 Å². The topological polar surface area (TPSA) is 122 Å². The third-order valence-electron chi connectivity index (χ3n) is 9.97. The summed E-state index contributed by atoms with van der Waals surface area (Å²) in [4.78, 5) is 45.6. The number of benzene rings is 5. The lowest BCUT2D eigenvalue weighted by Crippen LogP contribution is -2.37. The fraction of sp³-hybridized carbons (Fsp3) is 0.244. The zero-order valence-electron chi connectivity index (χ0n) is 32.8. The van der Waals surface area contributed by atoms with Gasteiger partial charge >= 0.3 is 0 Å². The minimum absolute atomic E-state index is 0.0180. The van der Waals surface area contributed by atoms with Gasteiger partial charge in [0, 0.05) is 30.9 Å². The number of amides is 3. The maximum atomic E-state index is 14.5. The van der Waals surface area contributed by atoms with Crippen molar-refractivity contribution < 1.29 is 22.8 Å². The first kappa shape index (κ1) is 40.9. The van der Waals surface area contributed by atoms with Crippen molar-refractivity contribution in [3.05, 3.63) is 153 Å². The second-order valence-electron chi connectivity index (χ2n) is 13.7. The van der Waals surface area contributed by atoms with Crippen LogP contribution in [0, 0.1) is 13.8 Å². The summed E-state index contributed by atoms with van der Waals surface area (Å²) in [5.41, 5.74) is 4.69. The Morgan fingerprint density at radius 1 is 0.842 bits per heavy atom. The van der Waals surface area contributed by atoms with Gasteiger partial charge in [0.1, 0.15) is 0 Å². The molecule has 3 amide bonds. The van der Waals surface area contributed by atoms with Crippen LogP contribution in [0.25, 0.3) is 16.5 Å². The summed E-state index contributed by atoms with van der Waals surface area (Å²) in [5.74, 6) is -1.69. The molecule has 0 spiro atoms. The van der Waals surface area contributed by atoms with E-state index in [4.69, 9.17) is 16.7 Å². The lowest BCUT2D eigenvalue weighted by atomic mass is 9.98. The molecule has 12 heteroatoms. The molecule has 1 aliphatic heterocycles.